The SMILES string of the molecule is N#CCCN(C(=O)CSc1ncnc2c1cnn2-c1ccccc1)c1cccc(Cl)c1. The number of amides is 1. The highest BCUT2D eigenvalue weighted by Crippen LogP contribution is 2.27. The Labute approximate surface area is 188 Å². The number of benzene rings is 2. The molecule has 0 aliphatic heterocycles. The maximum absolute atomic E-state index is 13.0. The summed E-state index contributed by atoms with van der Waals surface area (Å²) in [7, 11) is 0. The van der Waals surface area contributed by atoms with Crippen LogP contribution in [0.3, 0.4) is 0 Å². The highest BCUT2D eigenvalue weighted by molar-refractivity contribution is 8.00. The molecule has 1 amide bonds. The molecule has 7 nitrogen and oxygen atoms in total. The third-order valence-electron chi connectivity index (χ3n) is 4.53. The van der Waals surface area contributed by atoms with Crippen LogP contribution in [-0.4, -0.2) is 38.0 Å². The van der Waals surface area contributed by atoms with Crippen molar-refractivity contribution < 1.29 is 4.79 Å². The van der Waals surface area contributed by atoms with Gasteiger partial charge >= 0.3 is 0 Å². The minimum absolute atomic E-state index is 0.135. The largest absolute Gasteiger partial charge is 0.311 e. The molecule has 0 unspecified atom stereocenters. The number of nitrogens with zero attached hydrogens (tertiary/aromatic N) is 6. The monoisotopic (exact) mass is 448 g/mol. The Kier molecular flexibility index (Phi) is 6.46. The van der Waals surface area contributed by atoms with Crippen LogP contribution in [0, 0.1) is 11.3 Å². The maximum Gasteiger partial charge on any atom is 0.237 e. The van der Waals surface area contributed by atoms with E-state index in [0.717, 1.165) is 11.1 Å². The zero-order chi connectivity index (χ0) is 21.6. The van der Waals surface area contributed by atoms with Crippen molar-refractivity contribution in [2.24, 2.45) is 0 Å². The minimum Gasteiger partial charge on any atom is -0.311 e. The van der Waals surface area contributed by atoms with Crippen LogP contribution in [-0.2, 0) is 4.79 Å². The molecule has 0 saturated heterocycles. The number of nitriles is 1. The van der Waals surface area contributed by atoms with E-state index in [1.54, 1.807) is 40.0 Å². The molecule has 154 valence electrons. The van der Waals surface area contributed by atoms with E-state index in [2.05, 4.69) is 21.1 Å². The van der Waals surface area contributed by atoms with E-state index in [9.17, 15) is 4.79 Å². The lowest BCUT2D eigenvalue weighted by Gasteiger charge is -2.21. The van der Waals surface area contributed by atoms with Crippen molar-refractivity contribution >= 4 is 46.0 Å². The molecule has 2 heterocycles. The van der Waals surface area contributed by atoms with Crippen LogP contribution in [0.2, 0.25) is 5.02 Å². The van der Waals surface area contributed by atoms with Gasteiger partial charge in [-0.1, -0.05) is 47.6 Å². The number of fused-ring (bicyclic) bond motifs is 1. The van der Waals surface area contributed by atoms with Gasteiger partial charge in [-0.2, -0.15) is 10.4 Å². The van der Waals surface area contributed by atoms with Gasteiger partial charge in [0, 0.05) is 17.3 Å². The molecule has 9 heteroatoms. The summed E-state index contributed by atoms with van der Waals surface area (Å²) in [5.41, 5.74) is 2.23. The lowest BCUT2D eigenvalue weighted by atomic mass is 10.2. The number of carbonyl (C=O) groups is 1. The molecule has 0 radical (unpaired) electrons. The molecular formula is C22H17ClN6OS. The van der Waals surface area contributed by atoms with Crippen molar-refractivity contribution in [1.29, 1.82) is 5.26 Å². The smallest absolute Gasteiger partial charge is 0.237 e. The number of aromatic nitrogens is 4. The van der Waals surface area contributed by atoms with Gasteiger partial charge in [0.25, 0.3) is 0 Å². The highest BCUT2D eigenvalue weighted by Gasteiger charge is 2.18. The summed E-state index contributed by atoms with van der Waals surface area (Å²) >= 11 is 7.40. The van der Waals surface area contributed by atoms with Gasteiger partial charge in [0.2, 0.25) is 5.91 Å². The van der Waals surface area contributed by atoms with E-state index in [-0.39, 0.29) is 18.1 Å². The molecule has 0 aliphatic carbocycles. The van der Waals surface area contributed by atoms with E-state index < -0.39 is 0 Å². The third kappa shape index (κ3) is 4.68. The number of hydrogen-bond donors (Lipinski definition) is 0. The first-order chi connectivity index (χ1) is 15.2. The van der Waals surface area contributed by atoms with Gasteiger partial charge in [0.15, 0.2) is 5.65 Å². The highest BCUT2D eigenvalue weighted by atomic mass is 35.5. The molecule has 0 fully saturated rings. The first-order valence-corrected chi connectivity index (χ1v) is 10.8. The van der Waals surface area contributed by atoms with Crippen LogP contribution in [0.4, 0.5) is 5.69 Å². The molecule has 4 rings (SSSR count). The number of rotatable bonds is 7. The Hall–Kier alpha value is -3.41. The van der Waals surface area contributed by atoms with Crippen LogP contribution in [0.1, 0.15) is 6.42 Å². The van der Waals surface area contributed by atoms with Crippen molar-refractivity contribution in [2.75, 3.05) is 17.2 Å². The zero-order valence-electron chi connectivity index (χ0n) is 16.3. The van der Waals surface area contributed by atoms with E-state index in [1.807, 2.05) is 30.3 Å². The molecular weight excluding hydrogens is 432 g/mol. The van der Waals surface area contributed by atoms with Crippen molar-refractivity contribution in [3.8, 4) is 11.8 Å². The average Bonchev–Trinajstić information content (AvgIpc) is 3.23. The number of anilines is 1. The van der Waals surface area contributed by atoms with E-state index in [0.29, 0.717) is 27.9 Å². The Morgan fingerprint density at radius 3 is 2.77 bits per heavy atom. The number of para-hydroxylation sites is 1. The van der Waals surface area contributed by atoms with Crippen LogP contribution in [0.15, 0.2) is 72.1 Å². The van der Waals surface area contributed by atoms with Crippen molar-refractivity contribution in [1.82, 2.24) is 19.7 Å². The molecule has 0 atom stereocenters. The molecule has 0 N–H and O–H groups in total. The Bertz CT molecular complexity index is 1250. The quantitative estimate of drug-likeness (QED) is 0.305. The van der Waals surface area contributed by atoms with Gasteiger partial charge in [0.05, 0.1) is 35.5 Å². The van der Waals surface area contributed by atoms with Gasteiger partial charge in [-0.15, -0.1) is 0 Å². The molecule has 2 aromatic heterocycles. The second-order valence-corrected chi connectivity index (χ2v) is 7.93. The third-order valence-corrected chi connectivity index (χ3v) is 5.76. The van der Waals surface area contributed by atoms with Gasteiger partial charge in [-0.05, 0) is 30.3 Å². The van der Waals surface area contributed by atoms with Crippen molar-refractivity contribution in [3.63, 3.8) is 0 Å². The van der Waals surface area contributed by atoms with Crippen molar-refractivity contribution in [2.45, 2.75) is 11.4 Å². The van der Waals surface area contributed by atoms with Crippen LogP contribution in [0.5, 0.6) is 0 Å². The summed E-state index contributed by atoms with van der Waals surface area (Å²) in [5, 5.41) is 15.4. The number of hydrogen-bond acceptors (Lipinski definition) is 6. The first kappa shape index (κ1) is 20.8. The predicted molar refractivity (Wildman–Crippen MR) is 121 cm³/mol. The van der Waals surface area contributed by atoms with Crippen LogP contribution < -0.4 is 4.90 Å². The second kappa shape index (κ2) is 9.60. The summed E-state index contributed by atoms with van der Waals surface area (Å²) in [4.78, 5) is 23.3. The lowest BCUT2D eigenvalue weighted by Crippen LogP contribution is -2.33. The van der Waals surface area contributed by atoms with Gasteiger partial charge in [-0.25, -0.2) is 14.6 Å². The normalized spacial score (nSPS) is 10.7. The molecule has 0 saturated carbocycles. The summed E-state index contributed by atoms with van der Waals surface area (Å²) in [6.07, 6.45) is 3.41. The van der Waals surface area contributed by atoms with Crippen LogP contribution >= 0.6 is 23.4 Å². The fourth-order valence-corrected chi connectivity index (χ4v) is 4.13. The molecule has 2 aromatic carbocycles. The van der Waals surface area contributed by atoms with Crippen LogP contribution in [0.25, 0.3) is 16.7 Å². The summed E-state index contributed by atoms with van der Waals surface area (Å²) in [6.45, 7) is 0.293. The summed E-state index contributed by atoms with van der Waals surface area (Å²) in [6, 6.07) is 18.8. The van der Waals surface area contributed by atoms with Gasteiger partial charge in [-0.3, -0.25) is 4.79 Å². The first-order valence-electron chi connectivity index (χ1n) is 9.47. The fraction of sp³-hybridized carbons (Fsp3) is 0.136. The zero-order valence-corrected chi connectivity index (χ0v) is 17.9. The van der Waals surface area contributed by atoms with E-state index in [4.69, 9.17) is 16.9 Å². The van der Waals surface area contributed by atoms with E-state index in [1.165, 1.54) is 18.1 Å². The second-order valence-electron chi connectivity index (χ2n) is 6.53. The molecule has 0 aliphatic rings. The molecule has 31 heavy (non-hydrogen) atoms. The lowest BCUT2D eigenvalue weighted by molar-refractivity contribution is -0.116. The summed E-state index contributed by atoms with van der Waals surface area (Å²) in [5.74, 6) is 0.0188. The van der Waals surface area contributed by atoms with Gasteiger partial charge < -0.3 is 4.90 Å². The topological polar surface area (TPSA) is 87.7 Å². The Morgan fingerprint density at radius 2 is 2.00 bits per heavy atom. The maximum atomic E-state index is 13.0. The molecule has 0 bridgehead atoms. The molecule has 0 spiro atoms. The van der Waals surface area contributed by atoms with Gasteiger partial charge in [0.1, 0.15) is 11.4 Å². The minimum atomic E-state index is -0.135. The number of carbonyl (C=O) groups excluding carboxylic acids is 1. The number of halogens is 1. The van der Waals surface area contributed by atoms with Crippen molar-refractivity contribution in [3.05, 3.63) is 72.1 Å². The fourth-order valence-electron chi connectivity index (χ4n) is 3.11. The summed E-state index contributed by atoms with van der Waals surface area (Å²) < 4.78 is 1.74. The Balaban J connectivity index is 1.56. The Morgan fingerprint density at radius 1 is 1.16 bits per heavy atom. The standard InChI is InChI=1S/C22H17ClN6OS/c23-16-6-4-9-18(12-16)28(11-5-10-24)20(30)14-31-22-19-13-27-29(21(19)25-15-26-22)17-7-2-1-3-8-17/h1-4,6-9,12-13,15H,5,11,14H2. The predicted octanol–water partition coefficient (Wildman–Crippen LogP) is 4.51. The average molecular weight is 449 g/mol. The number of thioether (sulfide) groups is 1. The molecule has 4 aromatic rings. The van der Waals surface area contributed by atoms with E-state index >= 15 is 0 Å².